The zero-order valence-corrected chi connectivity index (χ0v) is 17.0. The van der Waals surface area contributed by atoms with Crippen molar-refractivity contribution >= 4 is 41.1 Å². The largest absolute Gasteiger partial charge is 0.512 e. The number of carbonyl (C=O) groups is 1. The first-order valence-electron chi connectivity index (χ1n) is 8.13. The second kappa shape index (κ2) is 8.50. The van der Waals surface area contributed by atoms with Gasteiger partial charge in [0.25, 0.3) is 0 Å². The molecular weight excluding hydrogens is 387 g/mol. The fourth-order valence-electron chi connectivity index (χ4n) is 2.69. The van der Waals surface area contributed by atoms with Gasteiger partial charge in [-0.15, -0.1) is 0 Å². The van der Waals surface area contributed by atoms with Gasteiger partial charge in [-0.1, -0.05) is 42.4 Å². The molecule has 8 heteroatoms. The summed E-state index contributed by atoms with van der Waals surface area (Å²) in [6.45, 7) is 7.64. The van der Waals surface area contributed by atoms with Crippen LogP contribution in [0.15, 0.2) is 37.1 Å². The predicted molar refractivity (Wildman–Crippen MR) is 110 cm³/mol. The molecule has 0 saturated carbocycles. The van der Waals surface area contributed by atoms with Crippen molar-refractivity contribution in [3.05, 3.63) is 64.2 Å². The van der Waals surface area contributed by atoms with Crippen LogP contribution in [-0.2, 0) is 20.0 Å². The van der Waals surface area contributed by atoms with Gasteiger partial charge in [-0.2, -0.15) is 0 Å². The molecule has 0 atom stereocenters. The Hall–Kier alpha value is -2.44. The molecule has 1 N–H and O–H groups in total. The van der Waals surface area contributed by atoms with Crippen LogP contribution in [0.1, 0.15) is 17.1 Å². The number of hydrogen-bond acceptors (Lipinski definition) is 3. The highest BCUT2D eigenvalue weighted by Gasteiger charge is 2.23. The van der Waals surface area contributed by atoms with Crippen molar-refractivity contribution in [1.29, 1.82) is 0 Å². The summed E-state index contributed by atoms with van der Waals surface area (Å²) in [5.41, 5.74) is 1.53. The molecule has 1 heterocycles. The fraction of sp³-hybridized carbons (Fsp3) is 0.263. The van der Waals surface area contributed by atoms with Gasteiger partial charge in [0.15, 0.2) is 5.82 Å². The van der Waals surface area contributed by atoms with E-state index < -0.39 is 0 Å². The van der Waals surface area contributed by atoms with Crippen LogP contribution in [0.4, 0.5) is 10.6 Å². The molecule has 0 spiro atoms. The Bertz CT molecular complexity index is 892. The number of aromatic nitrogens is 2. The monoisotopic (exact) mass is 408 g/mol. The Morgan fingerprint density at radius 1 is 1.33 bits per heavy atom. The Balaban J connectivity index is 2.24. The van der Waals surface area contributed by atoms with E-state index in [0.29, 0.717) is 33.9 Å². The molecule has 144 valence electrons. The summed E-state index contributed by atoms with van der Waals surface area (Å²) in [7, 11) is 5.12. The first-order valence-corrected chi connectivity index (χ1v) is 8.88. The molecule has 2 aromatic rings. The molecule has 0 aliphatic rings. The molecule has 0 saturated heterocycles. The van der Waals surface area contributed by atoms with Gasteiger partial charge >= 0.3 is 6.03 Å². The lowest BCUT2D eigenvalue weighted by atomic mass is 10.2. The van der Waals surface area contributed by atoms with Gasteiger partial charge in [0, 0.05) is 27.7 Å². The van der Waals surface area contributed by atoms with Crippen molar-refractivity contribution in [2.45, 2.75) is 13.0 Å². The summed E-state index contributed by atoms with van der Waals surface area (Å²) >= 11 is 12.0. The molecule has 0 fully saturated rings. The van der Waals surface area contributed by atoms with Crippen LogP contribution in [0.5, 0.6) is 0 Å². The lowest BCUT2D eigenvalue weighted by Crippen LogP contribution is -2.39. The Kier molecular flexibility index (Phi) is 6.57. The van der Waals surface area contributed by atoms with Crippen molar-refractivity contribution in [2.75, 3.05) is 19.0 Å². The lowest BCUT2D eigenvalue weighted by molar-refractivity contribution is 0.215. The molecule has 2 amide bonds. The molecular formula is C19H22Cl2N4O2. The molecule has 0 bridgehead atoms. The van der Waals surface area contributed by atoms with Crippen molar-refractivity contribution in [2.24, 2.45) is 7.05 Å². The average molecular weight is 409 g/mol. The summed E-state index contributed by atoms with van der Waals surface area (Å²) < 4.78 is 1.77. The number of halogens is 2. The number of allylic oxidation sites excluding steroid dienone is 1. The number of anilines is 1. The van der Waals surface area contributed by atoms with Gasteiger partial charge in [0.1, 0.15) is 5.82 Å². The highest BCUT2D eigenvalue weighted by Crippen LogP contribution is 2.25. The number of nitrogens with zero attached hydrogens (tertiary/aromatic N) is 4. The summed E-state index contributed by atoms with van der Waals surface area (Å²) in [5, 5.41) is 10.4. The summed E-state index contributed by atoms with van der Waals surface area (Å²) in [6, 6.07) is 4.99. The second-order valence-corrected chi connectivity index (χ2v) is 7.00. The number of benzene rings is 1. The Labute approximate surface area is 168 Å². The molecule has 1 aromatic carbocycles. The van der Waals surface area contributed by atoms with E-state index in [4.69, 9.17) is 23.2 Å². The van der Waals surface area contributed by atoms with E-state index in [-0.39, 0.29) is 18.2 Å². The number of urea groups is 1. The van der Waals surface area contributed by atoms with Crippen LogP contribution in [0.3, 0.4) is 0 Å². The van der Waals surface area contributed by atoms with Gasteiger partial charge in [-0.3, -0.25) is 4.90 Å². The normalized spacial score (nSPS) is 10.6. The van der Waals surface area contributed by atoms with E-state index in [9.17, 15) is 9.90 Å². The SMILES string of the molecule is C=Cc1c(N(C)C(=O)N(C)Cc2ccc(Cl)c(Cl)c2)nc(CC(=C)O)n1C. The van der Waals surface area contributed by atoms with Gasteiger partial charge in [-0.25, -0.2) is 9.78 Å². The second-order valence-electron chi connectivity index (χ2n) is 6.19. The van der Waals surface area contributed by atoms with Crippen molar-refractivity contribution < 1.29 is 9.90 Å². The molecule has 0 aliphatic heterocycles. The highest BCUT2D eigenvalue weighted by molar-refractivity contribution is 6.42. The summed E-state index contributed by atoms with van der Waals surface area (Å²) in [4.78, 5) is 20.3. The number of carbonyl (C=O) groups excluding carboxylic acids is 1. The van der Waals surface area contributed by atoms with E-state index in [0.717, 1.165) is 5.56 Å². The zero-order chi connectivity index (χ0) is 20.3. The summed E-state index contributed by atoms with van der Waals surface area (Å²) in [5.74, 6) is 1.03. The minimum absolute atomic E-state index is 0.00373. The van der Waals surface area contributed by atoms with Crippen molar-refractivity contribution in [1.82, 2.24) is 14.5 Å². The quantitative estimate of drug-likeness (QED) is 0.706. The Morgan fingerprint density at radius 3 is 2.56 bits per heavy atom. The number of rotatable bonds is 6. The first kappa shape index (κ1) is 20.9. The maximum absolute atomic E-state index is 12.9. The molecule has 1 aromatic heterocycles. The zero-order valence-electron chi connectivity index (χ0n) is 15.5. The number of aliphatic hydroxyl groups excluding tert-OH is 1. The van der Waals surface area contributed by atoms with Crippen LogP contribution in [-0.4, -0.2) is 39.7 Å². The van der Waals surface area contributed by atoms with Crippen molar-refractivity contribution in [3.8, 4) is 0 Å². The third kappa shape index (κ3) is 4.64. The standard InChI is InChI=1S/C19H22Cl2N4O2/c1-6-16-18(22-17(24(16)4)9-12(2)26)25(5)19(27)23(3)11-13-7-8-14(20)15(21)10-13/h6-8,10,26H,1-2,9,11H2,3-5H3. The van der Waals surface area contributed by atoms with E-state index in [2.05, 4.69) is 18.1 Å². The van der Waals surface area contributed by atoms with Crippen LogP contribution in [0.25, 0.3) is 6.08 Å². The van der Waals surface area contributed by atoms with Gasteiger partial charge in [-0.05, 0) is 23.8 Å². The van der Waals surface area contributed by atoms with Crippen LogP contribution >= 0.6 is 23.2 Å². The number of hydrogen-bond donors (Lipinski definition) is 1. The average Bonchev–Trinajstić information content (AvgIpc) is 2.91. The van der Waals surface area contributed by atoms with E-state index in [1.54, 1.807) is 48.8 Å². The molecule has 0 aliphatic carbocycles. The van der Waals surface area contributed by atoms with Gasteiger partial charge < -0.3 is 14.6 Å². The maximum Gasteiger partial charge on any atom is 0.325 e. The van der Waals surface area contributed by atoms with Crippen LogP contribution < -0.4 is 4.90 Å². The van der Waals surface area contributed by atoms with Crippen molar-refractivity contribution in [3.63, 3.8) is 0 Å². The molecule has 6 nitrogen and oxygen atoms in total. The summed E-state index contributed by atoms with van der Waals surface area (Å²) in [6.07, 6.45) is 1.81. The van der Waals surface area contributed by atoms with Gasteiger partial charge in [0.2, 0.25) is 0 Å². The maximum atomic E-state index is 12.9. The number of aliphatic hydroxyl groups is 1. The topological polar surface area (TPSA) is 61.6 Å². The molecule has 27 heavy (non-hydrogen) atoms. The lowest BCUT2D eigenvalue weighted by Gasteiger charge is -2.24. The number of amides is 2. The first-order chi connectivity index (χ1) is 12.6. The molecule has 2 rings (SSSR count). The molecule has 0 radical (unpaired) electrons. The predicted octanol–water partition coefficient (Wildman–Crippen LogP) is 4.67. The third-order valence-corrected chi connectivity index (χ3v) is 4.84. The third-order valence-electron chi connectivity index (χ3n) is 4.10. The Morgan fingerprint density at radius 2 is 2.00 bits per heavy atom. The number of imidazole rings is 1. The highest BCUT2D eigenvalue weighted by atomic mass is 35.5. The minimum atomic E-state index is -0.253. The smallest absolute Gasteiger partial charge is 0.325 e. The minimum Gasteiger partial charge on any atom is -0.512 e. The van der Waals surface area contributed by atoms with E-state index in [1.165, 1.54) is 4.90 Å². The van der Waals surface area contributed by atoms with Gasteiger partial charge in [0.05, 0.1) is 27.9 Å². The van der Waals surface area contributed by atoms with Crippen LogP contribution in [0.2, 0.25) is 10.0 Å². The molecule has 0 unspecified atom stereocenters. The fourth-order valence-corrected chi connectivity index (χ4v) is 3.01. The van der Waals surface area contributed by atoms with E-state index in [1.807, 2.05) is 6.07 Å². The van der Waals surface area contributed by atoms with Crippen LogP contribution in [0, 0.1) is 0 Å². The van der Waals surface area contributed by atoms with E-state index >= 15 is 0 Å².